The molecule has 0 aromatic carbocycles. The molecule has 4 nitrogen and oxygen atoms in total. The summed E-state index contributed by atoms with van der Waals surface area (Å²) in [7, 11) is 0. The van der Waals surface area contributed by atoms with Gasteiger partial charge in [0.15, 0.2) is 5.17 Å². The van der Waals surface area contributed by atoms with Gasteiger partial charge in [0, 0.05) is 12.7 Å². The third kappa shape index (κ3) is 1.98. The lowest BCUT2D eigenvalue weighted by molar-refractivity contribution is 0.321. The van der Waals surface area contributed by atoms with Crippen molar-refractivity contribution in [2.75, 3.05) is 0 Å². The van der Waals surface area contributed by atoms with Crippen molar-refractivity contribution >= 4 is 16.8 Å². The molecular formula is C7H10ClN3O. The van der Waals surface area contributed by atoms with E-state index in [0.29, 0.717) is 5.56 Å². The molecule has 5 heteroatoms. The van der Waals surface area contributed by atoms with Gasteiger partial charge in [-0.1, -0.05) is 23.7 Å². The van der Waals surface area contributed by atoms with Gasteiger partial charge in [0.2, 0.25) is 0 Å². The van der Waals surface area contributed by atoms with Gasteiger partial charge in [-0.25, -0.2) is 0 Å². The third-order valence-corrected chi connectivity index (χ3v) is 1.71. The Morgan fingerprint density at radius 1 is 1.83 bits per heavy atom. The number of aryl methyl sites for hydroxylation is 1. The predicted molar refractivity (Wildman–Crippen MR) is 46.7 cm³/mol. The normalized spacial score (nSPS) is 12.0. The van der Waals surface area contributed by atoms with E-state index in [-0.39, 0.29) is 5.17 Å². The van der Waals surface area contributed by atoms with Gasteiger partial charge in [0.25, 0.3) is 0 Å². The van der Waals surface area contributed by atoms with E-state index in [9.17, 15) is 0 Å². The minimum Gasteiger partial charge on any atom is -0.410 e. The van der Waals surface area contributed by atoms with Crippen molar-refractivity contribution in [2.45, 2.75) is 19.9 Å². The Bertz CT molecular complexity index is 282. The van der Waals surface area contributed by atoms with Crippen LogP contribution in [0.1, 0.15) is 18.9 Å². The number of halogens is 1. The van der Waals surface area contributed by atoms with E-state index in [1.807, 2.05) is 0 Å². The second kappa shape index (κ2) is 4.11. The fourth-order valence-electron chi connectivity index (χ4n) is 0.879. The first kappa shape index (κ1) is 9.06. The fourth-order valence-corrected chi connectivity index (χ4v) is 0.977. The van der Waals surface area contributed by atoms with Crippen molar-refractivity contribution in [2.24, 2.45) is 5.16 Å². The standard InChI is InChI=1S/C7H10ClN3O/c1-2-3-11-5-6(4-9-11)7(8)10-12/h4-5,12H,2-3H2,1H3/b10-7-. The van der Waals surface area contributed by atoms with E-state index in [1.165, 1.54) is 0 Å². The van der Waals surface area contributed by atoms with Crippen molar-refractivity contribution in [3.8, 4) is 0 Å². The molecule has 0 fully saturated rings. The van der Waals surface area contributed by atoms with Crippen LogP contribution in [0.5, 0.6) is 0 Å². The highest BCUT2D eigenvalue weighted by molar-refractivity contribution is 6.69. The zero-order valence-electron chi connectivity index (χ0n) is 6.74. The third-order valence-electron chi connectivity index (χ3n) is 1.41. The Labute approximate surface area is 75.4 Å². The number of aromatic nitrogens is 2. The lowest BCUT2D eigenvalue weighted by atomic mass is 10.4. The monoisotopic (exact) mass is 187 g/mol. The zero-order chi connectivity index (χ0) is 8.97. The van der Waals surface area contributed by atoms with E-state index < -0.39 is 0 Å². The molecule has 0 atom stereocenters. The molecule has 0 aliphatic carbocycles. The Morgan fingerprint density at radius 2 is 2.58 bits per heavy atom. The maximum absolute atomic E-state index is 8.35. The first-order chi connectivity index (χ1) is 5.77. The van der Waals surface area contributed by atoms with E-state index in [1.54, 1.807) is 17.1 Å². The van der Waals surface area contributed by atoms with Gasteiger partial charge >= 0.3 is 0 Å². The number of hydrogen-bond acceptors (Lipinski definition) is 3. The maximum Gasteiger partial charge on any atom is 0.178 e. The number of rotatable bonds is 3. The molecule has 1 aromatic heterocycles. The molecule has 1 heterocycles. The summed E-state index contributed by atoms with van der Waals surface area (Å²) in [6.45, 7) is 2.90. The molecule has 0 saturated carbocycles. The van der Waals surface area contributed by atoms with E-state index in [4.69, 9.17) is 16.8 Å². The molecule has 66 valence electrons. The van der Waals surface area contributed by atoms with Gasteiger partial charge < -0.3 is 5.21 Å². The van der Waals surface area contributed by atoms with Gasteiger partial charge in [0.05, 0.1) is 11.8 Å². The molecule has 0 aliphatic rings. The van der Waals surface area contributed by atoms with Crippen LogP contribution >= 0.6 is 11.6 Å². The summed E-state index contributed by atoms with van der Waals surface area (Å²) in [5, 5.41) is 15.3. The SMILES string of the molecule is CCCn1cc(/C(Cl)=N/O)cn1. The van der Waals surface area contributed by atoms with Crippen LogP contribution in [0.3, 0.4) is 0 Å². The van der Waals surface area contributed by atoms with Crippen LogP contribution in [0.2, 0.25) is 0 Å². The molecule has 0 unspecified atom stereocenters. The summed E-state index contributed by atoms with van der Waals surface area (Å²) in [6.07, 6.45) is 4.32. The lowest BCUT2D eigenvalue weighted by Crippen LogP contribution is -1.96. The van der Waals surface area contributed by atoms with Gasteiger partial charge in [-0.05, 0) is 6.42 Å². The molecule has 1 aromatic rings. The van der Waals surface area contributed by atoms with Crippen molar-refractivity contribution in [3.05, 3.63) is 18.0 Å². The second-order valence-electron chi connectivity index (χ2n) is 2.38. The van der Waals surface area contributed by atoms with Crippen molar-refractivity contribution in [1.82, 2.24) is 9.78 Å². The van der Waals surface area contributed by atoms with Crippen LogP contribution < -0.4 is 0 Å². The average Bonchev–Trinajstić information content (AvgIpc) is 2.52. The Kier molecular flexibility index (Phi) is 3.10. The molecule has 0 saturated heterocycles. The predicted octanol–water partition coefficient (Wildman–Crippen LogP) is 1.67. The summed E-state index contributed by atoms with van der Waals surface area (Å²) in [6, 6.07) is 0. The van der Waals surface area contributed by atoms with Crippen molar-refractivity contribution in [3.63, 3.8) is 0 Å². The number of nitrogens with zero attached hydrogens (tertiary/aromatic N) is 3. The van der Waals surface area contributed by atoms with Gasteiger partial charge in [0.1, 0.15) is 0 Å². The van der Waals surface area contributed by atoms with Crippen LogP contribution in [-0.4, -0.2) is 20.2 Å². The largest absolute Gasteiger partial charge is 0.410 e. The Balaban J connectivity index is 2.77. The smallest absolute Gasteiger partial charge is 0.178 e. The molecule has 12 heavy (non-hydrogen) atoms. The van der Waals surface area contributed by atoms with Gasteiger partial charge in [-0.15, -0.1) is 0 Å². The summed E-state index contributed by atoms with van der Waals surface area (Å²) in [5.74, 6) is 0. The van der Waals surface area contributed by atoms with Crippen LogP contribution in [0.4, 0.5) is 0 Å². The maximum atomic E-state index is 8.35. The molecule has 0 amide bonds. The first-order valence-corrected chi connectivity index (χ1v) is 4.06. The van der Waals surface area contributed by atoms with Crippen molar-refractivity contribution in [1.29, 1.82) is 0 Å². The molecule has 1 N–H and O–H groups in total. The number of oxime groups is 1. The highest BCUT2D eigenvalue weighted by atomic mass is 35.5. The van der Waals surface area contributed by atoms with Gasteiger partial charge in [-0.3, -0.25) is 4.68 Å². The molecule has 1 rings (SSSR count). The van der Waals surface area contributed by atoms with Crippen LogP contribution in [0.25, 0.3) is 0 Å². The minimum absolute atomic E-state index is 0.0670. The first-order valence-electron chi connectivity index (χ1n) is 3.68. The molecule has 0 spiro atoms. The second-order valence-corrected chi connectivity index (χ2v) is 2.74. The molecule has 0 radical (unpaired) electrons. The Morgan fingerprint density at radius 3 is 3.17 bits per heavy atom. The van der Waals surface area contributed by atoms with E-state index in [2.05, 4.69) is 17.2 Å². The van der Waals surface area contributed by atoms with Crippen molar-refractivity contribution < 1.29 is 5.21 Å². The molecular weight excluding hydrogens is 178 g/mol. The topological polar surface area (TPSA) is 50.4 Å². The molecule has 0 bridgehead atoms. The van der Waals surface area contributed by atoms with Crippen LogP contribution in [-0.2, 0) is 6.54 Å². The quantitative estimate of drug-likeness (QED) is 0.445. The van der Waals surface area contributed by atoms with Gasteiger partial charge in [-0.2, -0.15) is 5.10 Å². The summed E-state index contributed by atoms with van der Waals surface area (Å²) in [5.41, 5.74) is 0.632. The van der Waals surface area contributed by atoms with E-state index >= 15 is 0 Å². The van der Waals surface area contributed by atoms with Crippen LogP contribution in [0, 0.1) is 0 Å². The summed E-state index contributed by atoms with van der Waals surface area (Å²) >= 11 is 5.55. The summed E-state index contributed by atoms with van der Waals surface area (Å²) in [4.78, 5) is 0. The molecule has 0 aliphatic heterocycles. The highest BCUT2D eigenvalue weighted by Crippen LogP contribution is 2.03. The van der Waals surface area contributed by atoms with Crippen LogP contribution in [0.15, 0.2) is 17.5 Å². The fraction of sp³-hybridized carbons (Fsp3) is 0.429. The number of hydrogen-bond donors (Lipinski definition) is 1. The average molecular weight is 188 g/mol. The summed E-state index contributed by atoms with van der Waals surface area (Å²) < 4.78 is 1.75. The van der Waals surface area contributed by atoms with E-state index in [0.717, 1.165) is 13.0 Å². The zero-order valence-corrected chi connectivity index (χ0v) is 7.49. The lowest BCUT2D eigenvalue weighted by Gasteiger charge is -1.94. The highest BCUT2D eigenvalue weighted by Gasteiger charge is 2.02. The Hall–Kier alpha value is -1.03. The minimum atomic E-state index is 0.0670.